The third-order valence-electron chi connectivity index (χ3n) is 3.49. The highest BCUT2D eigenvalue weighted by molar-refractivity contribution is 5.92. The van der Waals surface area contributed by atoms with Crippen LogP contribution in [0.15, 0.2) is 59.2 Å². The summed E-state index contributed by atoms with van der Waals surface area (Å²) in [4.78, 5) is 12.0. The van der Waals surface area contributed by atoms with Crippen molar-refractivity contribution in [3.8, 4) is 0 Å². The fourth-order valence-corrected chi connectivity index (χ4v) is 2.12. The van der Waals surface area contributed by atoms with Crippen LogP contribution in [0.2, 0.25) is 0 Å². The van der Waals surface area contributed by atoms with Crippen molar-refractivity contribution < 1.29 is 9.21 Å². The first kappa shape index (κ1) is 15.7. The number of hydrogen-bond acceptors (Lipinski definition) is 5. The van der Waals surface area contributed by atoms with Crippen LogP contribution in [0.4, 0.5) is 5.82 Å². The van der Waals surface area contributed by atoms with E-state index < -0.39 is 0 Å². The quantitative estimate of drug-likeness (QED) is 0.729. The molecule has 0 bridgehead atoms. The number of aromatic nitrogens is 2. The van der Waals surface area contributed by atoms with E-state index in [1.807, 2.05) is 0 Å². The zero-order chi connectivity index (χ0) is 16.8. The number of amides is 1. The van der Waals surface area contributed by atoms with E-state index in [-0.39, 0.29) is 11.6 Å². The van der Waals surface area contributed by atoms with E-state index in [4.69, 9.17) is 4.42 Å². The molecule has 6 heteroatoms. The van der Waals surface area contributed by atoms with Gasteiger partial charge in [-0.15, -0.1) is 10.2 Å². The van der Waals surface area contributed by atoms with Gasteiger partial charge in [0.15, 0.2) is 5.69 Å². The van der Waals surface area contributed by atoms with Crippen molar-refractivity contribution >= 4 is 11.7 Å². The molecule has 0 radical (unpaired) electrons. The van der Waals surface area contributed by atoms with Gasteiger partial charge in [-0.2, -0.15) is 0 Å². The van der Waals surface area contributed by atoms with Crippen molar-refractivity contribution in [1.82, 2.24) is 15.5 Å². The first-order valence-electron chi connectivity index (χ1n) is 7.64. The Kier molecular flexibility index (Phi) is 4.86. The van der Waals surface area contributed by atoms with Gasteiger partial charge in [-0.25, -0.2) is 0 Å². The number of rotatable bonds is 6. The van der Waals surface area contributed by atoms with Crippen molar-refractivity contribution in [2.24, 2.45) is 0 Å². The standard InChI is InChI=1S/C18H18N4O2/c1-13-4-6-14(7-5-13)11-19-17-9-8-16(21-22-17)18(23)20-12-15-3-2-10-24-15/h2-10H,11-12H2,1H3,(H,19,22)(H,20,23). The van der Waals surface area contributed by atoms with Crippen LogP contribution >= 0.6 is 0 Å². The lowest BCUT2D eigenvalue weighted by Crippen LogP contribution is -2.24. The normalized spacial score (nSPS) is 10.4. The second-order valence-corrected chi connectivity index (χ2v) is 5.41. The summed E-state index contributed by atoms with van der Waals surface area (Å²) >= 11 is 0. The number of furan rings is 1. The molecule has 2 heterocycles. The van der Waals surface area contributed by atoms with E-state index in [0.717, 1.165) is 5.56 Å². The predicted molar refractivity (Wildman–Crippen MR) is 90.4 cm³/mol. The molecular formula is C18H18N4O2. The molecule has 0 spiro atoms. The molecular weight excluding hydrogens is 304 g/mol. The monoisotopic (exact) mass is 322 g/mol. The van der Waals surface area contributed by atoms with E-state index in [9.17, 15) is 4.79 Å². The Hall–Kier alpha value is -3.15. The van der Waals surface area contributed by atoms with E-state index in [1.165, 1.54) is 5.56 Å². The topological polar surface area (TPSA) is 80.0 Å². The number of benzene rings is 1. The molecule has 0 aliphatic heterocycles. The van der Waals surface area contributed by atoms with Gasteiger partial charge in [0.2, 0.25) is 0 Å². The molecule has 24 heavy (non-hydrogen) atoms. The van der Waals surface area contributed by atoms with Crippen molar-refractivity contribution in [2.45, 2.75) is 20.0 Å². The smallest absolute Gasteiger partial charge is 0.272 e. The Morgan fingerprint density at radius 2 is 1.88 bits per heavy atom. The average Bonchev–Trinajstić information content (AvgIpc) is 3.13. The maximum absolute atomic E-state index is 12.0. The highest BCUT2D eigenvalue weighted by Gasteiger charge is 2.08. The summed E-state index contributed by atoms with van der Waals surface area (Å²) in [6.07, 6.45) is 1.57. The minimum Gasteiger partial charge on any atom is -0.467 e. The number of nitrogens with one attached hydrogen (secondary N) is 2. The second kappa shape index (κ2) is 7.41. The van der Waals surface area contributed by atoms with Crippen LogP contribution in [0.5, 0.6) is 0 Å². The molecule has 122 valence electrons. The number of anilines is 1. The van der Waals surface area contributed by atoms with Crippen LogP contribution in [-0.2, 0) is 13.1 Å². The Morgan fingerprint density at radius 1 is 1.04 bits per heavy atom. The predicted octanol–water partition coefficient (Wildman–Crippen LogP) is 2.92. The van der Waals surface area contributed by atoms with E-state index >= 15 is 0 Å². The molecule has 0 aliphatic rings. The third kappa shape index (κ3) is 4.19. The summed E-state index contributed by atoms with van der Waals surface area (Å²) in [7, 11) is 0. The number of carbonyl (C=O) groups is 1. The van der Waals surface area contributed by atoms with Gasteiger partial charge < -0.3 is 15.1 Å². The molecule has 1 amide bonds. The largest absolute Gasteiger partial charge is 0.467 e. The van der Waals surface area contributed by atoms with Gasteiger partial charge in [0.05, 0.1) is 12.8 Å². The van der Waals surface area contributed by atoms with Crippen molar-refractivity contribution in [1.29, 1.82) is 0 Å². The van der Waals surface area contributed by atoms with Gasteiger partial charge in [-0.3, -0.25) is 4.79 Å². The number of carbonyl (C=O) groups excluding carboxylic acids is 1. The van der Waals surface area contributed by atoms with E-state index in [2.05, 4.69) is 52.0 Å². The maximum atomic E-state index is 12.0. The molecule has 3 aromatic rings. The lowest BCUT2D eigenvalue weighted by Gasteiger charge is -2.06. The van der Waals surface area contributed by atoms with Crippen LogP contribution in [-0.4, -0.2) is 16.1 Å². The minimum absolute atomic E-state index is 0.266. The van der Waals surface area contributed by atoms with Gasteiger partial charge in [0, 0.05) is 6.54 Å². The third-order valence-corrected chi connectivity index (χ3v) is 3.49. The van der Waals surface area contributed by atoms with Crippen molar-refractivity contribution in [3.05, 3.63) is 77.4 Å². The van der Waals surface area contributed by atoms with Crippen LogP contribution in [0, 0.1) is 6.92 Å². The number of hydrogen-bond donors (Lipinski definition) is 2. The fraction of sp³-hybridized carbons (Fsp3) is 0.167. The summed E-state index contributed by atoms with van der Waals surface area (Å²) in [6.45, 7) is 3.03. The van der Waals surface area contributed by atoms with E-state index in [1.54, 1.807) is 30.5 Å². The Labute approximate surface area is 139 Å². The minimum atomic E-state index is -0.288. The van der Waals surface area contributed by atoms with Crippen LogP contribution in [0.1, 0.15) is 27.4 Å². The maximum Gasteiger partial charge on any atom is 0.272 e. The second-order valence-electron chi connectivity index (χ2n) is 5.41. The molecule has 3 rings (SSSR count). The fourth-order valence-electron chi connectivity index (χ4n) is 2.12. The summed E-state index contributed by atoms with van der Waals surface area (Å²) in [6, 6.07) is 15.2. The SMILES string of the molecule is Cc1ccc(CNc2ccc(C(=O)NCc3ccco3)nn2)cc1. The molecule has 0 saturated heterocycles. The first-order valence-corrected chi connectivity index (χ1v) is 7.64. The average molecular weight is 322 g/mol. The van der Waals surface area contributed by atoms with Crippen molar-refractivity contribution in [2.75, 3.05) is 5.32 Å². The zero-order valence-electron chi connectivity index (χ0n) is 13.3. The molecule has 0 saturated carbocycles. The summed E-state index contributed by atoms with van der Waals surface area (Å²) in [5.74, 6) is 1.02. The summed E-state index contributed by atoms with van der Waals surface area (Å²) < 4.78 is 5.16. The molecule has 6 nitrogen and oxygen atoms in total. The van der Waals surface area contributed by atoms with Crippen molar-refractivity contribution in [3.63, 3.8) is 0 Å². The summed E-state index contributed by atoms with van der Waals surface area (Å²) in [5, 5.41) is 13.9. The lowest BCUT2D eigenvalue weighted by atomic mass is 10.1. The van der Waals surface area contributed by atoms with Gasteiger partial charge in [-0.05, 0) is 36.8 Å². The Balaban J connectivity index is 1.52. The highest BCUT2D eigenvalue weighted by Crippen LogP contribution is 2.08. The molecule has 0 atom stereocenters. The molecule has 0 fully saturated rings. The molecule has 1 aromatic carbocycles. The van der Waals surface area contributed by atoms with Gasteiger partial charge in [0.1, 0.15) is 11.6 Å². The van der Waals surface area contributed by atoms with Crippen LogP contribution < -0.4 is 10.6 Å². The van der Waals surface area contributed by atoms with E-state index in [0.29, 0.717) is 24.7 Å². The number of nitrogens with zero attached hydrogens (tertiary/aromatic N) is 2. The lowest BCUT2D eigenvalue weighted by molar-refractivity contribution is 0.0942. The molecule has 2 aromatic heterocycles. The Morgan fingerprint density at radius 3 is 2.54 bits per heavy atom. The van der Waals surface area contributed by atoms with Crippen LogP contribution in [0.3, 0.4) is 0 Å². The van der Waals surface area contributed by atoms with Gasteiger partial charge in [-0.1, -0.05) is 29.8 Å². The van der Waals surface area contributed by atoms with Gasteiger partial charge in [0.25, 0.3) is 5.91 Å². The molecule has 2 N–H and O–H groups in total. The first-order chi connectivity index (χ1) is 11.7. The van der Waals surface area contributed by atoms with Crippen LogP contribution in [0.25, 0.3) is 0 Å². The highest BCUT2D eigenvalue weighted by atomic mass is 16.3. The van der Waals surface area contributed by atoms with Gasteiger partial charge >= 0.3 is 0 Å². The number of aryl methyl sites for hydroxylation is 1. The summed E-state index contributed by atoms with van der Waals surface area (Å²) in [5.41, 5.74) is 2.65. The molecule has 0 aliphatic carbocycles. The zero-order valence-corrected chi connectivity index (χ0v) is 13.3. The Bertz CT molecular complexity index is 781. The molecule has 0 unspecified atom stereocenters.